The van der Waals surface area contributed by atoms with Gasteiger partial charge in [-0.15, -0.1) is 0 Å². The molecule has 0 aliphatic carbocycles. The third-order valence-electron chi connectivity index (χ3n) is 3.66. The summed E-state index contributed by atoms with van der Waals surface area (Å²) < 4.78 is 12.3. The Morgan fingerprint density at radius 2 is 2.18 bits per heavy atom. The van der Waals surface area contributed by atoms with Crippen LogP contribution >= 0.6 is 0 Å². The molecule has 116 valence electrons. The average molecular weight is 301 g/mol. The van der Waals surface area contributed by atoms with Gasteiger partial charge in [0.2, 0.25) is 0 Å². The van der Waals surface area contributed by atoms with Gasteiger partial charge >= 0.3 is 0 Å². The van der Waals surface area contributed by atoms with Crippen molar-refractivity contribution in [3.8, 4) is 11.3 Å². The van der Waals surface area contributed by atoms with Gasteiger partial charge in [0, 0.05) is 18.7 Å². The Morgan fingerprint density at radius 3 is 2.91 bits per heavy atom. The Hall–Kier alpha value is -2.18. The van der Waals surface area contributed by atoms with Crippen molar-refractivity contribution in [2.45, 2.75) is 13.0 Å². The average Bonchev–Trinajstić information content (AvgIpc) is 2.89. The quantitative estimate of drug-likeness (QED) is 0.938. The molecule has 0 spiro atoms. The van der Waals surface area contributed by atoms with Gasteiger partial charge in [-0.05, 0) is 12.5 Å². The van der Waals surface area contributed by atoms with Crippen molar-refractivity contribution in [2.24, 2.45) is 7.05 Å². The number of aromatic nitrogens is 2. The number of rotatable bonds is 3. The molecule has 1 fully saturated rings. The molecule has 1 aliphatic heterocycles. The van der Waals surface area contributed by atoms with Gasteiger partial charge in [0.15, 0.2) is 6.10 Å². The van der Waals surface area contributed by atoms with Crippen molar-refractivity contribution in [1.29, 1.82) is 0 Å². The number of amides is 1. The van der Waals surface area contributed by atoms with Crippen molar-refractivity contribution >= 4 is 11.7 Å². The molecule has 3 rings (SSSR count). The van der Waals surface area contributed by atoms with Crippen LogP contribution in [0.4, 0.5) is 5.82 Å². The van der Waals surface area contributed by atoms with Gasteiger partial charge in [-0.25, -0.2) is 0 Å². The van der Waals surface area contributed by atoms with Crippen LogP contribution in [-0.4, -0.2) is 41.6 Å². The maximum absolute atomic E-state index is 12.2. The van der Waals surface area contributed by atoms with Crippen LogP contribution in [-0.2, 0) is 21.3 Å². The minimum absolute atomic E-state index is 0.209. The van der Waals surface area contributed by atoms with E-state index in [-0.39, 0.29) is 12.5 Å². The van der Waals surface area contributed by atoms with Gasteiger partial charge in [0.05, 0.1) is 25.5 Å². The van der Waals surface area contributed by atoms with E-state index in [0.29, 0.717) is 19.0 Å². The second kappa shape index (κ2) is 6.29. The number of hydrogen-bond acceptors (Lipinski definition) is 4. The highest BCUT2D eigenvalue weighted by atomic mass is 16.6. The normalized spacial score (nSPS) is 18.2. The maximum Gasteiger partial charge on any atom is 0.257 e. The Morgan fingerprint density at radius 1 is 1.36 bits per heavy atom. The molecule has 0 unspecified atom stereocenters. The number of carbonyl (C=O) groups excluding carboxylic acids is 1. The van der Waals surface area contributed by atoms with Crippen molar-refractivity contribution < 1.29 is 14.3 Å². The summed E-state index contributed by atoms with van der Waals surface area (Å²) in [6, 6.07) is 9.88. The molecule has 6 heteroatoms. The molecule has 1 aromatic heterocycles. The van der Waals surface area contributed by atoms with E-state index in [4.69, 9.17) is 9.47 Å². The summed E-state index contributed by atoms with van der Waals surface area (Å²) in [5.41, 5.74) is 3.02. The predicted octanol–water partition coefficient (Wildman–Crippen LogP) is 1.75. The van der Waals surface area contributed by atoms with Crippen LogP contribution < -0.4 is 5.32 Å². The van der Waals surface area contributed by atoms with Crippen molar-refractivity contribution in [3.63, 3.8) is 0 Å². The minimum atomic E-state index is -0.564. The number of benzene rings is 1. The first-order valence-corrected chi connectivity index (χ1v) is 7.25. The first-order valence-electron chi connectivity index (χ1n) is 7.25. The lowest BCUT2D eigenvalue weighted by atomic mass is 10.1. The molecule has 0 radical (unpaired) electrons. The molecular formula is C16H19N3O3. The van der Waals surface area contributed by atoms with E-state index in [1.165, 1.54) is 0 Å². The molecule has 1 atom stereocenters. The monoisotopic (exact) mass is 301 g/mol. The highest BCUT2D eigenvalue weighted by Gasteiger charge is 2.23. The smallest absolute Gasteiger partial charge is 0.257 e. The van der Waals surface area contributed by atoms with Gasteiger partial charge < -0.3 is 14.8 Å². The molecule has 0 bridgehead atoms. The summed E-state index contributed by atoms with van der Waals surface area (Å²) >= 11 is 0. The van der Waals surface area contributed by atoms with Crippen molar-refractivity contribution in [2.75, 3.05) is 25.1 Å². The fraction of sp³-hybridized carbons (Fsp3) is 0.375. The zero-order valence-electron chi connectivity index (χ0n) is 12.7. The lowest BCUT2D eigenvalue weighted by Crippen LogP contribution is -2.39. The van der Waals surface area contributed by atoms with Crippen LogP contribution in [0, 0.1) is 6.92 Å². The summed E-state index contributed by atoms with van der Waals surface area (Å²) in [6.07, 6.45) is -0.564. The highest BCUT2D eigenvalue weighted by molar-refractivity contribution is 5.94. The van der Waals surface area contributed by atoms with Gasteiger partial charge in [-0.1, -0.05) is 24.3 Å². The molecule has 1 aromatic carbocycles. The zero-order valence-corrected chi connectivity index (χ0v) is 12.7. The summed E-state index contributed by atoms with van der Waals surface area (Å²) in [6.45, 7) is 3.30. The Balaban J connectivity index is 1.78. The first-order chi connectivity index (χ1) is 10.6. The first kappa shape index (κ1) is 14.7. The third kappa shape index (κ3) is 3.03. The van der Waals surface area contributed by atoms with E-state index in [2.05, 4.69) is 10.4 Å². The van der Waals surface area contributed by atoms with E-state index in [9.17, 15) is 4.79 Å². The summed E-state index contributed by atoms with van der Waals surface area (Å²) in [7, 11) is 1.80. The zero-order chi connectivity index (χ0) is 15.5. The van der Waals surface area contributed by atoms with Crippen molar-refractivity contribution in [3.05, 3.63) is 35.9 Å². The van der Waals surface area contributed by atoms with Crippen LogP contribution in [0.25, 0.3) is 11.3 Å². The molecule has 6 nitrogen and oxygen atoms in total. The Bertz CT molecular complexity index is 675. The lowest BCUT2D eigenvalue weighted by Gasteiger charge is -2.21. The number of ether oxygens (including phenoxy) is 2. The van der Waals surface area contributed by atoms with Crippen LogP contribution in [0.5, 0.6) is 0 Å². The van der Waals surface area contributed by atoms with Crippen LogP contribution in [0.2, 0.25) is 0 Å². The molecule has 22 heavy (non-hydrogen) atoms. The van der Waals surface area contributed by atoms with E-state index >= 15 is 0 Å². The van der Waals surface area contributed by atoms with E-state index < -0.39 is 6.10 Å². The number of nitrogens with zero attached hydrogens (tertiary/aromatic N) is 2. The van der Waals surface area contributed by atoms with Crippen molar-refractivity contribution in [1.82, 2.24) is 9.78 Å². The number of aryl methyl sites for hydroxylation is 2. The molecule has 0 saturated carbocycles. The van der Waals surface area contributed by atoms with E-state index in [1.54, 1.807) is 11.7 Å². The molecule has 1 N–H and O–H groups in total. The highest BCUT2D eigenvalue weighted by Crippen LogP contribution is 2.24. The molecule has 2 aromatic rings. The number of hydrogen-bond donors (Lipinski definition) is 1. The summed E-state index contributed by atoms with van der Waals surface area (Å²) in [5, 5.41) is 7.32. The minimum Gasteiger partial charge on any atom is -0.376 e. The molecule has 1 amide bonds. The van der Waals surface area contributed by atoms with Gasteiger partial charge in [-0.3, -0.25) is 9.48 Å². The second-order valence-corrected chi connectivity index (χ2v) is 5.28. The standard InChI is InChI=1S/C16H19N3O3/c1-11-5-3-4-6-12(11)13-9-15(19(2)18-13)17-16(20)14-10-21-7-8-22-14/h3-6,9,14H,7-8,10H2,1-2H3,(H,17,20)/t14-/m0/s1. The van der Waals surface area contributed by atoms with Crippen LogP contribution in [0.1, 0.15) is 5.56 Å². The number of nitrogens with one attached hydrogen (secondary N) is 1. The van der Waals surface area contributed by atoms with Gasteiger partial charge in [-0.2, -0.15) is 5.10 Å². The maximum atomic E-state index is 12.2. The van der Waals surface area contributed by atoms with E-state index in [0.717, 1.165) is 16.8 Å². The van der Waals surface area contributed by atoms with Gasteiger partial charge in [0.25, 0.3) is 5.91 Å². The largest absolute Gasteiger partial charge is 0.376 e. The third-order valence-corrected chi connectivity index (χ3v) is 3.66. The predicted molar refractivity (Wildman–Crippen MR) is 82.6 cm³/mol. The molecular weight excluding hydrogens is 282 g/mol. The fourth-order valence-corrected chi connectivity index (χ4v) is 2.42. The topological polar surface area (TPSA) is 65.4 Å². The summed E-state index contributed by atoms with van der Waals surface area (Å²) in [5.74, 6) is 0.427. The number of anilines is 1. The molecule has 1 saturated heterocycles. The number of carbonyl (C=O) groups is 1. The van der Waals surface area contributed by atoms with Crippen LogP contribution in [0.3, 0.4) is 0 Å². The molecule has 2 heterocycles. The SMILES string of the molecule is Cc1ccccc1-c1cc(NC(=O)[C@@H]2COCCO2)n(C)n1. The second-order valence-electron chi connectivity index (χ2n) is 5.28. The Kier molecular flexibility index (Phi) is 4.22. The lowest BCUT2D eigenvalue weighted by molar-refractivity contribution is -0.142. The molecule has 1 aliphatic rings. The van der Waals surface area contributed by atoms with Crippen LogP contribution in [0.15, 0.2) is 30.3 Å². The summed E-state index contributed by atoms with van der Waals surface area (Å²) in [4.78, 5) is 12.2. The fourth-order valence-electron chi connectivity index (χ4n) is 2.42. The van der Waals surface area contributed by atoms with E-state index in [1.807, 2.05) is 37.3 Å². The van der Waals surface area contributed by atoms with Gasteiger partial charge in [0.1, 0.15) is 5.82 Å². The Labute approximate surface area is 129 Å².